The summed E-state index contributed by atoms with van der Waals surface area (Å²) in [5, 5.41) is 50.0. The molecule has 6 bridgehead atoms. The number of aryl methyl sites for hydroxylation is 1. The van der Waals surface area contributed by atoms with Gasteiger partial charge in [-0.05, 0) is 115 Å². The molecule has 2 aliphatic heterocycles. The van der Waals surface area contributed by atoms with Gasteiger partial charge in [-0.15, -0.1) is 0 Å². The number of anilines is 1. The maximum absolute atomic E-state index is 14.9. The van der Waals surface area contributed by atoms with Gasteiger partial charge in [0, 0.05) is 92.1 Å². The monoisotopic (exact) mass is 970 g/mol. The zero-order valence-electron chi connectivity index (χ0n) is 41.2. The lowest BCUT2D eigenvalue weighted by atomic mass is 9.61. The number of hydrogen-bond donors (Lipinski definition) is 6. The first-order valence-corrected chi connectivity index (χ1v) is 25.1. The molecule has 2 aromatic heterocycles. The molecule has 0 radical (unpaired) electrons. The average Bonchev–Trinajstić information content (AvgIpc) is 3.98. The van der Waals surface area contributed by atoms with Crippen molar-refractivity contribution in [1.29, 1.82) is 0 Å². The third-order valence-electron chi connectivity index (χ3n) is 15.8. The Morgan fingerprint density at radius 3 is 2.64 bits per heavy atom. The minimum Gasteiger partial charge on any atom is -0.508 e. The van der Waals surface area contributed by atoms with E-state index in [-0.39, 0.29) is 60.1 Å². The molecule has 372 valence electrons. The van der Waals surface area contributed by atoms with Crippen molar-refractivity contribution in [2.24, 2.45) is 11.3 Å². The molecule has 13 heteroatoms. The number of aromatic nitrogens is 2. The van der Waals surface area contributed by atoms with Gasteiger partial charge >= 0.3 is 5.97 Å². The number of dihydropyridines is 1. The predicted octanol–water partition coefficient (Wildman–Crippen LogP) is 9.53. The Hall–Kier alpha value is -7.43. The van der Waals surface area contributed by atoms with E-state index in [1.54, 1.807) is 19.1 Å². The van der Waals surface area contributed by atoms with Crippen LogP contribution in [0.1, 0.15) is 123 Å². The van der Waals surface area contributed by atoms with Gasteiger partial charge in [-0.1, -0.05) is 66.8 Å². The number of aliphatic hydroxyl groups excluding tert-OH is 1. The van der Waals surface area contributed by atoms with E-state index in [2.05, 4.69) is 81.3 Å². The fourth-order valence-corrected chi connectivity index (χ4v) is 12.3. The molecule has 10 rings (SSSR count). The van der Waals surface area contributed by atoms with Crippen LogP contribution in [0.25, 0.3) is 10.8 Å². The number of aliphatic hydroxyl groups is 1. The van der Waals surface area contributed by atoms with Crippen LogP contribution >= 0.6 is 0 Å². The number of nitrogens with zero attached hydrogens (tertiary/aromatic N) is 2. The van der Waals surface area contributed by atoms with Crippen molar-refractivity contribution in [3.8, 4) is 34.8 Å². The molecule has 5 aromatic rings. The van der Waals surface area contributed by atoms with Gasteiger partial charge in [0.15, 0.2) is 11.5 Å². The maximum Gasteiger partial charge on any atom is 0.302 e. The largest absolute Gasteiger partial charge is 0.508 e. The van der Waals surface area contributed by atoms with Gasteiger partial charge < -0.3 is 49.7 Å². The molecule has 6 N–H and O–H groups in total. The van der Waals surface area contributed by atoms with Gasteiger partial charge in [0.05, 0.1) is 30.9 Å². The normalized spacial score (nSPS) is 25.0. The first-order valence-electron chi connectivity index (χ1n) is 25.1. The highest BCUT2D eigenvalue weighted by molar-refractivity contribution is 6.00. The smallest absolute Gasteiger partial charge is 0.302 e. The number of nitrogens with one attached hydrogen (secondary N) is 2. The highest BCUT2D eigenvalue weighted by atomic mass is 16.5. The molecule has 4 heterocycles. The summed E-state index contributed by atoms with van der Waals surface area (Å²) in [6, 6.07) is 13.7. The van der Waals surface area contributed by atoms with Crippen molar-refractivity contribution in [1.82, 2.24) is 14.9 Å². The van der Waals surface area contributed by atoms with E-state index in [0.717, 1.165) is 55.8 Å². The third kappa shape index (κ3) is 8.97. The third-order valence-corrected chi connectivity index (χ3v) is 15.8. The van der Waals surface area contributed by atoms with Gasteiger partial charge in [0.1, 0.15) is 29.2 Å². The van der Waals surface area contributed by atoms with E-state index >= 15 is 0 Å². The van der Waals surface area contributed by atoms with Gasteiger partial charge in [-0.2, -0.15) is 0 Å². The molecule has 7 unspecified atom stereocenters. The van der Waals surface area contributed by atoms with Gasteiger partial charge in [0.2, 0.25) is 5.75 Å². The molecule has 0 amide bonds. The molecular weight excluding hydrogens is 909 g/mol. The Kier molecular flexibility index (Phi) is 13.2. The summed E-state index contributed by atoms with van der Waals surface area (Å²) >= 11 is 0. The number of methoxy groups -OCH3 is 1. The molecule has 3 aliphatic carbocycles. The standard InChI is InChI=1S/C59H62N4O9/c1-34-8-5-10-41-11-7-13-45-47-32-60-31-40(47)30-59(34,41)21-18-44(72-36(3)65)28-43(67)29-51(39-25-53(69)58(70)54(26-39)71-4)63-33-48-49(15-14-46-52(68)17-16-50(63)57(46)48)62(23-20-35(2)64)55-27-38(19-22-61-55)56(45)37-9-6-12-42(66)24-37/h5-6,8-10,12,14-15,19,24-27,31-34,44-45,51-52,56,60-61,66,68-70H,11,16-18,20-23,28-30H2,1-4H3. The fraction of sp³-hybridized carbons (Fsp3) is 0.373. The van der Waals surface area contributed by atoms with E-state index in [0.29, 0.717) is 57.2 Å². The quantitative estimate of drug-likeness (QED) is 0.0518. The maximum atomic E-state index is 14.9. The zero-order valence-corrected chi connectivity index (χ0v) is 41.2. The number of ketones is 2. The Bertz CT molecular complexity index is 3180. The Labute approximate surface area is 419 Å². The summed E-state index contributed by atoms with van der Waals surface area (Å²) in [4.78, 5) is 46.5. The van der Waals surface area contributed by atoms with Crippen molar-refractivity contribution in [2.45, 2.75) is 109 Å². The number of carbonyl (C=O) groups is 3. The molecule has 1 spiro atoms. The van der Waals surface area contributed by atoms with Crippen LogP contribution in [-0.2, 0) is 32.0 Å². The minimum absolute atomic E-state index is 0.00960. The number of fused-ring (bicyclic) bond motifs is 3. The fourth-order valence-electron chi connectivity index (χ4n) is 12.3. The molecule has 72 heavy (non-hydrogen) atoms. The number of aromatic amines is 1. The summed E-state index contributed by atoms with van der Waals surface area (Å²) in [5.41, 5.74) is 7.61. The van der Waals surface area contributed by atoms with Crippen LogP contribution in [0.15, 0.2) is 114 Å². The summed E-state index contributed by atoms with van der Waals surface area (Å²) in [7, 11) is 1.40. The number of ether oxygens (including phenoxy) is 2. The number of phenols is 3. The second kappa shape index (κ2) is 19.6. The van der Waals surface area contributed by atoms with Gasteiger partial charge in [0.25, 0.3) is 0 Å². The van der Waals surface area contributed by atoms with Crippen molar-refractivity contribution in [3.63, 3.8) is 0 Å². The summed E-state index contributed by atoms with van der Waals surface area (Å²) < 4.78 is 13.7. The predicted molar refractivity (Wildman–Crippen MR) is 275 cm³/mol. The molecule has 5 aliphatic rings. The lowest BCUT2D eigenvalue weighted by Crippen LogP contribution is -2.36. The first kappa shape index (κ1) is 48.2. The molecule has 7 atom stereocenters. The summed E-state index contributed by atoms with van der Waals surface area (Å²) in [6.45, 7) is 5.94. The van der Waals surface area contributed by atoms with Crippen LogP contribution in [-0.4, -0.2) is 73.8 Å². The van der Waals surface area contributed by atoms with Crippen molar-refractivity contribution >= 4 is 34.0 Å². The average molecular weight is 971 g/mol. The van der Waals surface area contributed by atoms with Crippen molar-refractivity contribution in [3.05, 3.63) is 148 Å². The zero-order chi connectivity index (χ0) is 50.4. The number of hydrogen-bond acceptors (Lipinski definition) is 11. The van der Waals surface area contributed by atoms with E-state index in [9.17, 15) is 34.8 Å². The molecule has 0 fully saturated rings. The van der Waals surface area contributed by atoms with Crippen LogP contribution in [0.2, 0.25) is 0 Å². The molecule has 13 nitrogen and oxygen atoms in total. The van der Waals surface area contributed by atoms with E-state index in [4.69, 9.17) is 9.47 Å². The second-order valence-electron chi connectivity index (χ2n) is 20.2. The van der Waals surface area contributed by atoms with E-state index < -0.39 is 41.1 Å². The van der Waals surface area contributed by atoms with Crippen LogP contribution in [0, 0.1) is 23.2 Å². The highest BCUT2D eigenvalue weighted by Crippen LogP contribution is 2.52. The number of allylic oxidation sites excluding steroid dienone is 6. The number of Topliss-reactive ketones (excluding diaryl/α,β-unsaturated/α-hetero) is 2. The molecule has 0 saturated heterocycles. The summed E-state index contributed by atoms with van der Waals surface area (Å²) in [5.74, 6) is 6.20. The van der Waals surface area contributed by atoms with Crippen molar-refractivity contribution < 1.29 is 44.3 Å². The molecular formula is C59H62N4O9. The molecule has 3 aromatic carbocycles. The lowest BCUT2D eigenvalue weighted by Gasteiger charge is -2.43. The van der Waals surface area contributed by atoms with Crippen LogP contribution in [0.4, 0.5) is 5.69 Å². The number of rotatable bonds is 7. The first-order chi connectivity index (χ1) is 34.7. The lowest BCUT2D eigenvalue weighted by molar-refractivity contribution is -0.148. The number of H-pyrrole nitrogens is 1. The highest BCUT2D eigenvalue weighted by Gasteiger charge is 2.43. The van der Waals surface area contributed by atoms with E-state index in [1.807, 2.05) is 36.5 Å². The topological polar surface area (TPSA) is 187 Å². The Morgan fingerprint density at radius 2 is 1.85 bits per heavy atom. The minimum atomic E-state index is -0.763. The Balaban J connectivity index is 1.23. The SMILES string of the molecule is COc1cc(C2CC(=O)CC(OC(C)=O)CCC34Cc5c[nH]cc5C(C#CCC3=CC=CC4C)C(c3cccc(O)c3)C3=CCNC(=C3)N(CCC(C)=O)c3ccc4c5c(n2cc35)CCC4O)cc(O)c1O. The van der Waals surface area contributed by atoms with Gasteiger partial charge in [-0.3, -0.25) is 14.4 Å². The number of phenolic OH excluding ortho intramolecular Hbond substituents is 3. The summed E-state index contributed by atoms with van der Waals surface area (Å²) in [6.07, 6.45) is 18.5. The van der Waals surface area contributed by atoms with E-state index in [1.165, 1.54) is 25.7 Å². The number of esters is 1. The van der Waals surface area contributed by atoms with Crippen LogP contribution in [0.5, 0.6) is 23.0 Å². The van der Waals surface area contributed by atoms with Crippen molar-refractivity contribution in [2.75, 3.05) is 25.1 Å². The molecule has 0 saturated carbocycles. The van der Waals surface area contributed by atoms with Crippen LogP contribution in [0.3, 0.4) is 0 Å². The number of carbonyl (C=O) groups excluding carboxylic acids is 3. The number of benzene rings is 3. The second-order valence-corrected chi connectivity index (χ2v) is 20.2. The Morgan fingerprint density at radius 1 is 1.00 bits per heavy atom. The van der Waals surface area contributed by atoms with Crippen LogP contribution < -0.4 is 15.0 Å². The number of aromatic hydroxyl groups is 3. The van der Waals surface area contributed by atoms with Gasteiger partial charge in [-0.25, -0.2) is 0 Å².